The molecule has 1 unspecified atom stereocenters. The third kappa shape index (κ3) is 4.82. The predicted molar refractivity (Wildman–Crippen MR) is 150 cm³/mol. The summed E-state index contributed by atoms with van der Waals surface area (Å²) in [5.74, 6) is -0.897. The Labute approximate surface area is 231 Å². The normalized spacial score (nSPS) is 32.7. The highest BCUT2D eigenvalue weighted by Gasteiger charge is 2.66. The van der Waals surface area contributed by atoms with Crippen molar-refractivity contribution in [1.82, 2.24) is 10.2 Å². The molecule has 6 atom stereocenters. The summed E-state index contributed by atoms with van der Waals surface area (Å²) in [5.41, 5.74) is 0.233. The molecule has 0 aliphatic carbocycles. The number of likely N-dealkylation sites (tertiary alicyclic amines) is 1. The Morgan fingerprint density at radius 3 is 2.69 bits per heavy atom. The summed E-state index contributed by atoms with van der Waals surface area (Å²) in [5, 5.41) is 16.0. The first-order chi connectivity index (χ1) is 18.5. The molecule has 214 valence electrons. The van der Waals surface area contributed by atoms with Crippen LogP contribution in [0.25, 0.3) is 0 Å². The number of aliphatic hydroxyl groups is 1. The van der Waals surface area contributed by atoms with E-state index in [4.69, 9.17) is 4.74 Å². The summed E-state index contributed by atoms with van der Waals surface area (Å²) < 4.78 is 6.70. The van der Waals surface area contributed by atoms with Crippen molar-refractivity contribution < 1.29 is 29.0 Å². The van der Waals surface area contributed by atoms with Crippen LogP contribution < -0.4 is 15.5 Å². The number of ether oxygens (including phenoxy) is 1. The van der Waals surface area contributed by atoms with E-state index in [0.717, 1.165) is 32.2 Å². The molecular formula is C28H42N4O6Si. The van der Waals surface area contributed by atoms with Crippen molar-refractivity contribution in [2.45, 2.75) is 75.4 Å². The average molecular weight is 559 g/mol. The standard InChI is InChI=1S/C28H42N4O6Si/c1-17-25(39(3,4)37)23(14-24(34)32-12-6-8-20(32)16-33)38-28(17)21-13-19(9-10-22(21)31(2)27(28)36)30-26(35)18-7-5-11-29-15-18/h9-10,13,17-18,20,23,25,29,33,37H,5-8,11-12,14-16H2,1-4H3,(H,30,35)/t17-,18?,20+,23+,25-,28+/m1/s1. The van der Waals surface area contributed by atoms with Crippen LogP contribution in [0.5, 0.6) is 0 Å². The van der Waals surface area contributed by atoms with Crippen LogP contribution >= 0.6 is 0 Å². The summed E-state index contributed by atoms with van der Waals surface area (Å²) in [7, 11) is -1.19. The van der Waals surface area contributed by atoms with Crippen molar-refractivity contribution in [1.29, 1.82) is 0 Å². The van der Waals surface area contributed by atoms with Crippen molar-refractivity contribution >= 4 is 37.4 Å². The highest BCUT2D eigenvalue weighted by molar-refractivity contribution is 6.71. The number of benzene rings is 1. The van der Waals surface area contributed by atoms with Gasteiger partial charge in [0, 0.05) is 42.8 Å². The SMILES string of the molecule is C[C@@H]1[C@@H]([Si](C)(C)O)[C@H](CC(=O)N2CCC[C@H]2CO)O[C@@]12C(=O)N(C)c1ccc(NC(=O)C3CCCNC3)cc12. The molecular weight excluding hydrogens is 516 g/mol. The van der Waals surface area contributed by atoms with Gasteiger partial charge in [-0.25, -0.2) is 0 Å². The largest absolute Gasteiger partial charge is 0.432 e. The number of amides is 3. The van der Waals surface area contributed by atoms with E-state index >= 15 is 0 Å². The van der Waals surface area contributed by atoms with E-state index in [1.165, 1.54) is 0 Å². The minimum Gasteiger partial charge on any atom is -0.432 e. The molecule has 10 nitrogen and oxygen atoms in total. The van der Waals surface area contributed by atoms with E-state index in [9.17, 15) is 24.3 Å². The van der Waals surface area contributed by atoms with Crippen molar-refractivity contribution in [2.75, 3.05) is 43.5 Å². The van der Waals surface area contributed by atoms with Gasteiger partial charge in [0.2, 0.25) is 11.8 Å². The number of nitrogens with one attached hydrogen (secondary N) is 2. The molecule has 0 aromatic heterocycles. The first kappa shape index (κ1) is 28.2. The zero-order chi connectivity index (χ0) is 28.1. The first-order valence-electron chi connectivity index (χ1n) is 14.2. The third-order valence-corrected chi connectivity index (χ3v) is 11.8. The quantitative estimate of drug-likeness (QED) is 0.392. The average Bonchev–Trinajstić information content (AvgIpc) is 3.55. The molecule has 4 aliphatic rings. The summed E-state index contributed by atoms with van der Waals surface area (Å²) in [6, 6.07) is 5.27. The number of piperidine rings is 1. The fourth-order valence-electron chi connectivity index (χ4n) is 7.42. The van der Waals surface area contributed by atoms with Gasteiger partial charge in [-0.15, -0.1) is 0 Å². The van der Waals surface area contributed by atoms with E-state index in [-0.39, 0.29) is 54.2 Å². The van der Waals surface area contributed by atoms with Crippen molar-refractivity contribution in [3.8, 4) is 0 Å². The van der Waals surface area contributed by atoms with Gasteiger partial charge in [0.15, 0.2) is 13.9 Å². The van der Waals surface area contributed by atoms with Crippen LogP contribution in [0.15, 0.2) is 18.2 Å². The molecule has 4 heterocycles. The molecule has 3 fully saturated rings. The zero-order valence-corrected chi connectivity index (χ0v) is 24.4. The number of carbonyl (C=O) groups excluding carboxylic acids is 3. The Morgan fingerprint density at radius 2 is 2.03 bits per heavy atom. The Bertz CT molecular complexity index is 1140. The number of carbonyl (C=O) groups is 3. The number of hydrogen-bond acceptors (Lipinski definition) is 7. The van der Waals surface area contributed by atoms with Crippen LogP contribution in [-0.2, 0) is 24.7 Å². The van der Waals surface area contributed by atoms with Gasteiger partial charge in [-0.1, -0.05) is 6.92 Å². The Balaban J connectivity index is 1.47. The Morgan fingerprint density at radius 1 is 1.26 bits per heavy atom. The number of hydrogen-bond donors (Lipinski definition) is 4. The number of aliphatic hydroxyl groups excluding tert-OH is 1. The smallest absolute Gasteiger partial charge is 0.264 e. The highest BCUT2D eigenvalue weighted by Crippen LogP contribution is 2.59. The summed E-state index contributed by atoms with van der Waals surface area (Å²) >= 11 is 0. The third-order valence-electron chi connectivity index (χ3n) is 9.33. The van der Waals surface area contributed by atoms with Crippen LogP contribution in [0.3, 0.4) is 0 Å². The van der Waals surface area contributed by atoms with Gasteiger partial charge in [-0.3, -0.25) is 14.4 Å². The lowest BCUT2D eigenvalue weighted by Gasteiger charge is -2.32. The van der Waals surface area contributed by atoms with Crippen molar-refractivity contribution in [3.63, 3.8) is 0 Å². The number of anilines is 2. The van der Waals surface area contributed by atoms with E-state index < -0.39 is 20.0 Å². The first-order valence-corrected chi connectivity index (χ1v) is 17.3. The number of fused-ring (bicyclic) bond motifs is 2. The zero-order valence-electron chi connectivity index (χ0n) is 23.4. The van der Waals surface area contributed by atoms with Gasteiger partial charge >= 0.3 is 0 Å². The lowest BCUT2D eigenvalue weighted by molar-refractivity contribution is -0.149. The minimum absolute atomic E-state index is 0.0433. The highest BCUT2D eigenvalue weighted by atomic mass is 28.4. The van der Waals surface area contributed by atoms with E-state index in [1.807, 2.05) is 32.2 Å². The molecule has 0 bridgehead atoms. The van der Waals surface area contributed by atoms with Crippen LogP contribution in [-0.4, -0.2) is 86.3 Å². The van der Waals surface area contributed by atoms with Gasteiger partial charge < -0.3 is 35.1 Å². The molecule has 3 saturated heterocycles. The number of nitrogens with zero attached hydrogens (tertiary/aromatic N) is 2. The van der Waals surface area contributed by atoms with Crippen LogP contribution in [0.1, 0.15) is 44.6 Å². The van der Waals surface area contributed by atoms with Gasteiger partial charge in [0.1, 0.15) is 0 Å². The maximum Gasteiger partial charge on any atom is 0.264 e. The van der Waals surface area contributed by atoms with Gasteiger partial charge in [-0.2, -0.15) is 0 Å². The van der Waals surface area contributed by atoms with Gasteiger partial charge in [0.25, 0.3) is 5.91 Å². The summed E-state index contributed by atoms with van der Waals surface area (Å²) in [6.07, 6.45) is 2.79. The van der Waals surface area contributed by atoms with Crippen molar-refractivity contribution in [3.05, 3.63) is 23.8 Å². The Hall–Kier alpha value is -2.31. The maximum atomic E-state index is 13.9. The molecule has 1 aromatic carbocycles. The van der Waals surface area contributed by atoms with Crippen molar-refractivity contribution in [2.24, 2.45) is 11.8 Å². The predicted octanol–water partition coefficient (Wildman–Crippen LogP) is 1.77. The topological polar surface area (TPSA) is 131 Å². The van der Waals surface area contributed by atoms with Crippen LogP contribution in [0.2, 0.25) is 18.6 Å². The molecule has 39 heavy (non-hydrogen) atoms. The molecule has 3 amide bonds. The summed E-state index contributed by atoms with van der Waals surface area (Å²) in [4.78, 5) is 55.0. The van der Waals surface area contributed by atoms with Gasteiger partial charge in [0.05, 0.1) is 36.8 Å². The number of likely N-dealkylation sites (N-methyl/N-ethyl adjacent to an activating group) is 1. The van der Waals surface area contributed by atoms with Crippen LogP contribution in [0.4, 0.5) is 11.4 Å². The Kier molecular flexibility index (Phi) is 7.66. The molecule has 1 aromatic rings. The maximum absolute atomic E-state index is 13.9. The molecule has 1 spiro atoms. The molecule has 0 radical (unpaired) electrons. The second kappa shape index (κ2) is 10.6. The molecule has 4 N–H and O–H groups in total. The number of rotatable bonds is 6. The van der Waals surface area contributed by atoms with E-state index in [1.54, 1.807) is 22.9 Å². The van der Waals surface area contributed by atoms with Crippen LogP contribution in [0, 0.1) is 11.8 Å². The second-order valence-corrected chi connectivity index (χ2v) is 16.2. The van der Waals surface area contributed by atoms with E-state index in [2.05, 4.69) is 10.6 Å². The molecule has 0 saturated carbocycles. The molecule has 4 aliphatic heterocycles. The fourth-order valence-corrected chi connectivity index (χ4v) is 9.98. The second-order valence-electron chi connectivity index (χ2n) is 12.3. The molecule has 5 rings (SSSR count). The minimum atomic E-state index is -2.90. The molecule has 11 heteroatoms. The monoisotopic (exact) mass is 558 g/mol. The van der Waals surface area contributed by atoms with Gasteiger partial charge in [-0.05, 0) is 63.5 Å². The fraction of sp³-hybridized carbons (Fsp3) is 0.679. The lowest BCUT2D eigenvalue weighted by atomic mass is 9.82. The summed E-state index contributed by atoms with van der Waals surface area (Å²) in [6.45, 7) is 7.67. The van der Waals surface area contributed by atoms with E-state index in [0.29, 0.717) is 30.0 Å². The lowest BCUT2D eigenvalue weighted by Crippen LogP contribution is -2.45.